The number of anilines is 1. The van der Waals surface area contributed by atoms with Crippen LogP contribution in [0.1, 0.15) is 51.5 Å². The van der Waals surface area contributed by atoms with Crippen LogP contribution in [-0.2, 0) is 0 Å². The molecule has 8 heteroatoms. The van der Waals surface area contributed by atoms with Gasteiger partial charge in [-0.15, -0.1) is 0 Å². The average Bonchev–Trinajstić information content (AvgIpc) is 3.29. The predicted molar refractivity (Wildman–Crippen MR) is 150 cm³/mol. The fourth-order valence-electron chi connectivity index (χ4n) is 5.35. The Morgan fingerprint density at radius 2 is 2.16 bits per heavy atom. The van der Waals surface area contributed by atoms with Gasteiger partial charge in [-0.2, -0.15) is 15.5 Å². The first-order valence-corrected chi connectivity index (χ1v) is 13.7. The van der Waals surface area contributed by atoms with Crippen LogP contribution < -0.4 is 16.1 Å². The van der Waals surface area contributed by atoms with Crippen LogP contribution in [0.2, 0.25) is 0 Å². The number of hydrogen-bond acceptors (Lipinski definition) is 8. The van der Waals surface area contributed by atoms with E-state index >= 15 is 0 Å². The van der Waals surface area contributed by atoms with Gasteiger partial charge in [0.1, 0.15) is 11.7 Å². The largest absolute Gasteiger partial charge is 0.370 e. The maximum Gasteiger partial charge on any atom is 0.125 e. The van der Waals surface area contributed by atoms with Crippen molar-refractivity contribution in [3.8, 4) is 6.07 Å². The van der Waals surface area contributed by atoms with Crippen LogP contribution in [0, 0.1) is 29.1 Å². The van der Waals surface area contributed by atoms with E-state index in [0.717, 1.165) is 73.9 Å². The molecule has 1 aromatic heterocycles. The second kappa shape index (κ2) is 11.7. The lowest BCUT2D eigenvalue weighted by Crippen LogP contribution is -2.41. The SMILES string of the molecule is C/C=C\C(CC)=N/NC1CC(CNc2ccc(C3=CC(CCC4CNC4)=CN4N=CC(C#N)C34)cn2)C1. The second-order valence-electron chi connectivity index (χ2n) is 10.5. The fraction of sp³-hybridized carbons (Fsp3) is 0.517. The van der Waals surface area contributed by atoms with E-state index in [9.17, 15) is 5.26 Å². The Kier molecular flexibility index (Phi) is 8.00. The molecular weight excluding hydrogens is 460 g/mol. The Morgan fingerprint density at radius 3 is 2.84 bits per heavy atom. The summed E-state index contributed by atoms with van der Waals surface area (Å²) in [4.78, 5) is 4.71. The van der Waals surface area contributed by atoms with Gasteiger partial charge in [-0.25, -0.2) is 4.98 Å². The molecule has 2 fully saturated rings. The highest BCUT2D eigenvalue weighted by molar-refractivity contribution is 5.94. The number of rotatable bonds is 11. The lowest BCUT2D eigenvalue weighted by molar-refractivity contribution is 0.237. The van der Waals surface area contributed by atoms with Gasteiger partial charge >= 0.3 is 0 Å². The number of nitrogens with one attached hydrogen (secondary N) is 3. The summed E-state index contributed by atoms with van der Waals surface area (Å²) in [7, 11) is 0. The molecule has 8 nitrogen and oxygen atoms in total. The van der Waals surface area contributed by atoms with E-state index in [0.29, 0.717) is 12.0 Å². The molecule has 1 saturated heterocycles. The monoisotopic (exact) mass is 498 g/mol. The molecule has 4 heterocycles. The molecule has 0 amide bonds. The van der Waals surface area contributed by atoms with Crippen LogP contribution in [0.4, 0.5) is 5.82 Å². The first-order valence-electron chi connectivity index (χ1n) is 13.7. The zero-order valence-corrected chi connectivity index (χ0v) is 21.9. The van der Waals surface area contributed by atoms with Crippen molar-refractivity contribution in [1.82, 2.24) is 20.7 Å². The first kappa shape index (κ1) is 25.2. The highest BCUT2D eigenvalue weighted by Gasteiger charge is 2.36. The summed E-state index contributed by atoms with van der Waals surface area (Å²) < 4.78 is 0. The van der Waals surface area contributed by atoms with Crippen LogP contribution in [0.3, 0.4) is 0 Å². The third-order valence-corrected chi connectivity index (χ3v) is 7.82. The molecule has 194 valence electrons. The zero-order chi connectivity index (χ0) is 25.6. The summed E-state index contributed by atoms with van der Waals surface area (Å²) in [6.45, 7) is 7.29. The van der Waals surface area contributed by atoms with Crippen molar-refractivity contribution in [2.45, 2.75) is 58.0 Å². The van der Waals surface area contributed by atoms with Gasteiger partial charge in [0.25, 0.3) is 0 Å². The maximum atomic E-state index is 9.70. The van der Waals surface area contributed by atoms with E-state index in [1.54, 1.807) is 6.21 Å². The molecule has 2 unspecified atom stereocenters. The molecule has 3 aliphatic heterocycles. The summed E-state index contributed by atoms with van der Waals surface area (Å²) in [6, 6.07) is 6.97. The van der Waals surface area contributed by atoms with Gasteiger partial charge in [-0.3, -0.25) is 5.01 Å². The van der Waals surface area contributed by atoms with Crippen molar-refractivity contribution in [2.75, 3.05) is 25.0 Å². The molecule has 1 aliphatic carbocycles. The number of allylic oxidation sites excluding steroid dienone is 4. The number of fused-ring (bicyclic) bond motifs is 1. The molecule has 1 aromatic rings. The summed E-state index contributed by atoms with van der Waals surface area (Å²) in [6.07, 6.45) is 17.6. The van der Waals surface area contributed by atoms with E-state index in [1.165, 1.54) is 12.0 Å². The third-order valence-electron chi connectivity index (χ3n) is 7.82. The summed E-state index contributed by atoms with van der Waals surface area (Å²) >= 11 is 0. The minimum Gasteiger partial charge on any atom is -0.370 e. The van der Waals surface area contributed by atoms with Gasteiger partial charge in [0, 0.05) is 31.2 Å². The van der Waals surface area contributed by atoms with Gasteiger partial charge < -0.3 is 16.1 Å². The number of nitriles is 1. The van der Waals surface area contributed by atoms with E-state index in [2.05, 4.69) is 69.7 Å². The van der Waals surface area contributed by atoms with Gasteiger partial charge in [-0.1, -0.05) is 19.1 Å². The quantitative estimate of drug-likeness (QED) is 0.311. The molecule has 1 saturated carbocycles. The molecule has 0 aromatic carbocycles. The standard InChI is InChI=1S/C29H38N8/c1-3-5-25(4-2)35-36-26-10-22(11-26)16-32-28-9-8-23(17-33-28)27-12-20(6-7-21-14-31-15-21)19-37-29(27)24(13-30)18-34-37/h3,5,8-9,12,17-19,21-22,24,26,29,31,36H,4,6-7,10-11,14-16H2,1-2H3,(H,32,33)/b5-3-,35-25-. The van der Waals surface area contributed by atoms with Crippen LogP contribution in [-0.4, -0.2) is 53.6 Å². The maximum absolute atomic E-state index is 9.70. The van der Waals surface area contributed by atoms with Crippen molar-refractivity contribution >= 4 is 23.3 Å². The van der Waals surface area contributed by atoms with Crippen LogP contribution in [0.5, 0.6) is 0 Å². The molecular formula is C29H38N8. The molecule has 0 radical (unpaired) electrons. The van der Waals surface area contributed by atoms with Crippen LogP contribution in [0.25, 0.3) is 5.57 Å². The Balaban J connectivity index is 1.16. The minimum absolute atomic E-state index is 0.0807. The summed E-state index contributed by atoms with van der Waals surface area (Å²) in [5, 5.41) is 27.6. The number of pyridine rings is 1. The van der Waals surface area contributed by atoms with E-state index in [1.807, 2.05) is 24.2 Å². The van der Waals surface area contributed by atoms with Crippen LogP contribution >= 0.6 is 0 Å². The van der Waals surface area contributed by atoms with E-state index < -0.39 is 0 Å². The van der Waals surface area contributed by atoms with Crippen molar-refractivity contribution in [3.05, 3.63) is 53.9 Å². The Hall–Kier alpha value is -3.44. The predicted octanol–water partition coefficient (Wildman–Crippen LogP) is 4.29. The van der Waals surface area contributed by atoms with Gasteiger partial charge in [0.15, 0.2) is 0 Å². The number of nitrogens with zero attached hydrogens (tertiary/aromatic N) is 5. The first-order chi connectivity index (χ1) is 18.2. The van der Waals surface area contributed by atoms with E-state index in [-0.39, 0.29) is 12.0 Å². The molecule has 37 heavy (non-hydrogen) atoms. The summed E-state index contributed by atoms with van der Waals surface area (Å²) in [5.74, 6) is 2.02. The van der Waals surface area contributed by atoms with E-state index in [4.69, 9.17) is 4.98 Å². The van der Waals surface area contributed by atoms with Gasteiger partial charge in [0.2, 0.25) is 0 Å². The smallest absolute Gasteiger partial charge is 0.125 e. The number of aromatic nitrogens is 1. The molecule has 0 bridgehead atoms. The lowest BCUT2D eigenvalue weighted by atomic mass is 9.80. The van der Waals surface area contributed by atoms with Gasteiger partial charge in [-0.05, 0) is 98.9 Å². The molecule has 0 spiro atoms. The fourth-order valence-corrected chi connectivity index (χ4v) is 5.35. The number of hydrogen-bond donors (Lipinski definition) is 3. The lowest BCUT2D eigenvalue weighted by Gasteiger charge is -2.35. The Morgan fingerprint density at radius 1 is 1.30 bits per heavy atom. The topological polar surface area (TPSA) is 101 Å². The number of hydrazone groups is 2. The van der Waals surface area contributed by atoms with Gasteiger partial charge in [0.05, 0.1) is 17.8 Å². The minimum atomic E-state index is -0.256. The van der Waals surface area contributed by atoms with Crippen molar-refractivity contribution < 1.29 is 0 Å². The Bertz CT molecular complexity index is 1130. The molecule has 4 aliphatic rings. The molecule has 5 rings (SSSR count). The summed E-state index contributed by atoms with van der Waals surface area (Å²) in [5.41, 5.74) is 7.87. The zero-order valence-electron chi connectivity index (χ0n) is 21.9. The molecule has 3 N–H and O–H groups in total. The van der Waals surface area contributed by atoms with Crippen molar-refractivity contribution in [2.24, 2.45) is 28.0 Å². The highest BCUT2D eigenvalue weighted by atomic mass is 15.5. The average molecular weight is 499 g/mol. The highest BCUT2D eigenvalue weighted by Crippen LogP contribution is 2.37. The van der Waals surface area contributed by atoms with Crippen molar-refractivity contribution in [1.29, 1.82) is 5.26 Å². The Labute approximate surface area is 220 Å². The third kappa shape index (κ3) is 5.94. The normalized spacial score (nSPS) is 27.2. The second-order valence-corrected chi connectivity index (χ2v) is 10.5. The van der Waals surface area contributed by atoms with Crippen LogP contribution in [0.15, 0.2) is 58.5 Å². The van der Waals surface area contributed by atoms with Crippen molar-refractivity contribution in [3.63, 3.8) is 0 Å². The molecule has 2 atom stereocenters.